The first-order valence-electron chi connectivity index (χ1n) is 9.98. The van der Waals surface area contributed by atoms with Gasteiger partial charge in [-0.25, -0.2) is 4.99 Å². The lowest BCUT2D eigenvalue weighted by Gasteiger charge is -2.16. The lowest BCUT2D eigenvalue weighted by Crippen LogP contribution is -2.29. The molecular formula is C24H29N3S. The predicted molar refractivity (Wildman–Crippen MR) is 124 cm³/mol. The Balaban J connectivity index is 0.00000109. The first-order chi connectivity index (χ1) is 13.7. The number of aryl methyl sites for hydroxylation is 2. The zero-order valence-corrected chi connectivity index (χ0v) is 18.0. The van der Waals surface area contributed by atoms with Crippen molar-refractivity contribution < 1.29 is 0 Å². The van der Waals surface area contributed by atoms with E-state index in [1.54, 1.807) is 11.3 Å². The Labute approximate surface area is 172 Å². The number of amidine groups is 1. The van der Waals surface area contributed by atoms with Gasteiger partial charge in [0.1, 0.15) is 12.5 Å². The van der Waals surface area contributed by atoms with Crippen molar-refractivity contribution in [2.24, 2.45) is 4.99 Å². The van der Waals surface area contributed by atoms with Crippen LogP contribution in [0.2, 0.25) is 0 Å². The highest BCUT2D eigenvalue weighted by Crippen LogP contribution is 2.37. The highest BCUT2D eigenvalue weighted by Gasteiger charge is 2.18. The maximum atomic E-state index is 4.65. The summed E-state index contributed by atoms with van der Waals surface area (Å²) in [7, 11) is 0. The average molecular weight is 392 g/mol. The minimum Gasteiger partial charge on any atom is -0.369 e. The van der Waals surface area contributed by atoms with Gasteiger partial charge in [0.15, 0.2) is 0 Å². The monoisotopic (exact) mass is 391 g/mol. The SMILES string of the molecule is CC.Cc1ccc(CCNC2=NCNc3cc(-c4ccccc4C)sc32)cc1. The van der Waals surface area contributed by atoms with Gasteiger partial charge in [0.05, 0.1) is 10.6 Å². The van der Waals surface area contributed by atoms with E-state index in [9.17, 15) is 0 Å². The number of hydrogen-bond acceptors (Lipinski definition) is 4. The van der Waals surface area contributed by atoms with Crippen molar-refractivity contribution in [3.63, 3.8) is 0 Å². The molecule has 0 radical (unpaired) electrons. The summed E-state index contributed by atoms with van der Waals surface area (Å²) in [5, 5.41) is 6.94. The van der Waals surface area contributed by atoms with Crippen LogP contribution in [0.4, 0.5) is 5.69 Å². The van der Waals surface area contributed by atoms with Crippen LogP contribution in [-0.2, 0) is 6.42 Å². The van der Waals surface area contributed by atoms with E-state index in [2.05, 4.69) is 84.1 Å². The minimum atomic E-state index is 0.629. The Morgan fingerprint density at radius 1 is 1.04 bits per heavy atom. The summed E-state index contributed by atoms with van der Waals surface area (Å²) >= 11 is 1.80. The van der Waals surface area contributed by atoms with Gasteiger partial charge in [0.25, 0.3) is 0 Å². The first-order valence-corrected chi connectivity index (χ1v) is 10.8. The fourth-order valence-corrected chi connectivity index (χ4v) is 4.38. The number of aliphatic imine (C=N–C) groups is 1. The minimum absolute atomic E-state index is 0.629. The molecule has 1 aliphatic rings. The molecule has 3 nitrogen and oxygen atoms in total. The van der Waals surface area contributed by atoms with E-state index in [-0.39, 0.29) is 0 Å². The van der Waals surface area contributed by atoms with Crippen molar-refractivity contribution in [1.29, 1.82) is 0 Å². The first kappa shape index (κ1) is 20.2. The lowest BCUT2D eigenvalue weighted by atomic mass is 10.1. The fourth-order valence-electron chi connectivity index (χ4n) is 3.17. The molecular weight excluding hydrogens is 362 g/mol. The molecule has 146 valence electrons. The van der Waals surface area contributed by atoms with E-state index in [4.69, 9.17) is 0 Å². The summed E-state index contributed by atoms with van der Waals surface area (Å²) in [4.78, 5) is 7.14. The topological polar surface area (TPSA) is 36.4 Å². The molecule has 0 unspecified atom stereocenters. The maximum Gasteiger partial charge on any atom is 0.142 e. The molecule has 28 heavy (non-hydrogen) atoms. The average Bonchev–Trinajstić information content (AvgIpc) is 3.16. The molecule has 2 heterocycles. The summed E-state index contributed by atoms with van der Waals surface area (Å²) in [5.74, 6) is 1.01. The zero-order valence-electron chi connectivity index (χ0n) is 17.2. The van der Waals surface area contributed by atoms with Crippen LogP contribution in [0.3, 0.4) is 0 Å². The van der Waals surface area contributed by atoms with Gasteiger partial charge < -0.3 is 10.6 Å². The van der Waals surface area contributed by atoms with E-state index in [0.29, 0.717) is 6.67 Å². The van der Waals surface area contributed by atoms with Crippen molar-refractivity contribution in [3.8, 4) is 10.4 Å². The fraction of sp³-hybridized carbons (Fsp3) is 0.292. The van der Waals surface area contributed by atoms with E-state index < -0.39 is 0 Å². The number of thiophene rings is 1. The number of hydrogen-bond donors (Lipinski definition) is 2. The number of anilines is 1. The molecule has 0 saturated heterocycles. The summed E-state index contributed by atoms with van der Waals surface area (Å²) in [5.41, 5.74) is 6.44. The summed E-state index contributed by atoms with van der Waals surface area (Å²) in [6.07, 6.45) is 0.998. The van der Waals surface area contributed by atoms with Crippen LogP contribution in [0.25, 0.3) is 10.4 Å². The van der Waals surface area contributed by atoms with Gasteiger partial charge in [-0.3, -0.25) is 0 Å². The molecule has 2 N–H and O–H groups in total. The summed E-state index contributed by atoms with van der Waals surface area (Å²) in [6, 6.07) is 19.5. The normalized spacial score (nSPS) is 12.2. The largest absolute Gasteiger partial charge is 0.369 e. The quantitative estimate of drug-likeness (QED) is 0.570. The van der Waals surface area contributed by atoms with Gasteiger partial charge in [-0.1, -0.05) is 67.9 Å². The van der Waals surface area contributed by atoms with E-state index in [1.165, 1.54) is 37.7 Å². The molecule has 0 spiro atoms. The molecule has 0 saturated carbocycles. The van der Waals surface area contributed by atoms with E-state index in [1.807, 2.05) is 13.8 Å². The van der Waals surface area contributed by atoms with Gasteiger partial charge in [0, 0.05) is 11.4 Å². The zero-order chi connectivity index (χ0) is 19.9. The van der Waals surface area contributed by atoms with Crippen molar-refractivity contribution in [1.82, 2.24) is 5.32 Å². The van der Waals surface area contributed by atoms with Crippen molar-refractivity contribution in [2.75, 3.05) is 18.5 Å². The Kier molecular flexibility index (Phi) is 6.88. The van der Waals surface area contributed by atoms with Gasteiger partial charge in [-0.2, -0.15) is 0 Å². The smallest absolute Gasteiger partial charge is 0.142 e. The standard InChI is InChI=1S/C22H23N3S.C2H6/c1-15-7-9-17(10-8-15)11-12-23-22-21-19(24-14-25-22)13-20(26-21)18-6-4-3-5-16(18)2;1-2/h3-10,13,24H,11-12,14H2,1-2H3,(H,23,25);1-2H3. The summed E-state index contributed by atoms with van der Waals surface area (Å²) in [6.45, 7) is 9.80. The van der Waals surface area contributed by atoms with Gasteiger partial charge in [-0.05, 0) is 43.0 Å². The Morgan fingerprint density at radius 3 is 2.54 bits per heavy atom. The van der Waals surface area contributed by atoms with Gasteiger partial charge in [-0.15, -0.1) is 11.3 Å². The third-order valence-corrected chi connectivity index (χ3v) is 5.87. The van der Waals surface area contributed by atoms with Crippen LogP contribution in [0.1, 0.15) is 35.4 Å². The maximum absolute atomic E-state index is 4.65. The molecule has 1 aliphatic heterocycles. The van der Waals surface area contributed by atoms with Crippen LogP contribution < -0.4 is 10.6 Å². The van der Waals surface area contributed by atoms with Crippen LogP contribution in [0.15, 0.2) is 59.6 Å². The Hall–Kier alpha value is -2.59. The number of nitrogens with zero attached hydrogens (tertiary/aromatic N) is 1. The van der Waals surface area contributed by atoms with Gasteiger partial charge >= 0.3 is 0 Å². The molecule has 0 amide bonds. The van der Waals surface area contributed by atoms with Crippen LogP contribution in [0, 0.1) is 13.8 Å². The second kappa shape index (κ2) is 9.56. The highest BCUT2D eigenvalue weighted by molar-refractivity contribution is 7.18. The number of rotatable bonds is 4. The predicted octanol–water partition coefficient (Wildman–Crippen LogP) is 6.02. The van der Waals surface area contributed by atoms with Crippen molar-refractivity contribution in [3.05, 3.63) is 76.2 Å². The highest BCUT2D eigenvalue weighted by atomic mass is 32.1. The third-order valence-electron chi connectivity index (χ3n) is 4.69. The Morgan fingerprint density at radius 2 is 1.79 bits per heavy atom. The van der Waals surface area contributed by atoms with Crippen LogP contribution in [-0.4, -0.2) is 19.0 Å². The molecule has 4 rings (SSSR count). The number of fused-ring (bicyclic) bond motifs is 1. The van der Waals surface area contributed by atoms with E-state index >= 15 is 0 Å². The summed E-state index contributed by atoms with van der Waals surface area (Å²) < 4.78 is 0. The molecule has 0 fully saturated rings. The van der Waals surface area contributed by atoms with Crippen LogP contribution >= 0.6 is 11.3 Å². The van der Waals surface area contributed by atoms with Crippen molar-refractivity contribution >= 4 is 22.9 Å². The second-order valence-electron chi connectivity index (χ2n) is 6.67. The molecule has 2 aromatic carbocycles. The second-order valence-corrected chi connectivity index (χ2v) is 7.72. The molecule has 4 heteroatoms. The van der Waals surface area contributed by atoms with Crippen LogP contribution in [0.5, 0.6) is 0 Å². The molecule has 0 aliphatic carbocycles. The molecule has 0 bridgehead atoms. The molecule has 1 aromatic heterocycles. The molecule has 3 aromatic rings. The lowest BCUT2D eigenvalue weighted by molar-refractivity contribution is 0.858. The van der Waals surface area contributed by atoms with Gasteiger partial charge in [0.2, 0.25) is 0 Å². The number of benzene rings is 2. The van der Waals surface area contributed by atoms with E-state index in [0.717, 1.165) is 18.8 Å². The molecule has 0 atom stereocenters. The Bertz CT molecular complexity index is 939. The third kappa shape index (κ3) is 4.63. The number of nitrogens with one attached hydrogen (secondary N) is 2. The van der Waals surface area contributed by atoms with Crippen molar-refractivity contribution in [2.45, 2.75) is 34.1 Å².